The Morgan fingerprint density at radius 2 is 1.96 bits per heavy atom. The van der Waals surface area contributed by atoms with E-state index in [1.807, 2.05) is 43.3 Å². The molecule has 23 heavy (non-hydrogen) atoms. The molecule has 0 atom stereocenters. The van der Waals surface area contributed by atoms with Crippen LogP contribution in [-0.2, 0) is 11.3 Å². The predicted octanol–water partition coefficient (Wildman–Crippen LogP) is 4.54. The van der Waals surface area contributed by atoms with Gasteiger partial charge in [0.25, 0.3) is 0 Å². The Kier molecular flexibility index (Phi) is 7.33. The molecule has 0 aliphatic carbocycles. The number of hydrogen-bond donors (Lipinski definition) is 2. The summed E-state index contributed by atoms with van der Waals surface area (Å²) in [6, 6.07) is 15.9. The van der Waals surface area contributed by atoms with Gasteiger partial charge in [0.05, 0.1) is 6.61 Å². The van der Waals surface area contributed by atoms with Crippen molar-refractivity contribution in [1.82, 2.24) is 5.32 Å². The van der Waals surface area contributed by atoms with Crippen molar-refractivity contribution in [3.8, 4) is 0 Å². The van der Waals surface area contributed by atoms with Crippen LogP contribution in [0.3, 0.4) is 0 Å². The van der Waals surface area contributed by atoms with Gasteiger partial charge < -0.3 is 15.4 Å². The molecule has 5 heteroatoms. The van der Waals surface area contributed by atoms with Gasteiger partial charge in [0, 0.05) is 23.9 Å². The summed E-state index contributed by atoms with van der Waals surface area (Å²) >= 11 is 11.3. The van der Waals surface area contributed by atoms with E-state index in [0.717, 1.165) is 29.2 Å². The highest BCUT2D eigenvalue weighted by atomic mass is 35.5. The molecule has 2 rings (SSSR count). The summed E-state index contributed by atoms with van der Waals surface area (Å²) in [5.41, 5.74) is 3.12. The monoisotopic (exact) mass is 348 g/mol. The summed E-state index contributed by atoms with van der Waals surface area (Å²) in [5.74, 6) is 0. The molecular formula is C18H21ClN2OS. The van der Waals surface area contributed by atoms with E-state index < -0.39 is 0 Å². The van der Waals surface area contributed by atoms with E-state index in [-0.39, 0.29) is 0 Å². The summed E-state index contributed by atoms with van der Waals surface area (Å²) in [6.07, 6.45) is 0.892. The summed E-state index contributed by atoms with van der Waals surface area (Å²) in [7, 11) is 0. The lowest BCUT2D eigenvalue weighted by Gasteiger charge is -2.11. The molecule has 0 amide bonds. The van der Waals surface area contributed by atoms with Gasteiger partial charge in [-0.3, -0.25) is 0 Å². The molecule has 0 radical (unpaired) electrons. The first-order valence-corrected chi connectivity index (χ1v) is 8.36. The molecule has 2 aromatic carbocycles. The number of aryl methyl sites for hydroxylation is 1. The highest BCUT2D eigenvalue weighted by Crippen LogP contribution is 2.19. The van der Waals surface area contributed by atoms with Crippen LogP contribution in [0.25, 0.3) is 0 Å². The summed E-state index contributed by atoms with van der Waals surface area (Å²) in [4.78, 5) is 0. The number of benzene rings is 2. The van der Waals surface area contributed by atoms with Crippen molar-refractivity contribution in [2.75, 3.05) is 18.5 Å². The second-order valence-corrected chi connectivity index (χ2v) is 6.05. The molecule has 2 N–H and O–H groups in total. The molecule has 3 nitrogen and oxygen atoms in total. The Hall–Kier alpha value is -1.62. The molecule has 0 spiro atoms. The molecule has 0 heterocycles. The molecule has 122 valence electrons. The van der Waals surface area contributed by atoms with Crippen molar-refractivity contribution in [2.45, 2.75) is 20.0 Å². The van der Waals surface area contributed by atoms with Crippen molar-refractivity contribution in [3.63, 3.8) is 0 Å². The standard InChI is InChI=1S/C18H21ClN2OS/c1-14-8-9-16(12-17(14)19)21-18(23)20-10-5-11-22-13-15-6-3-2-4-7-15/h2-4,6-9,12H,5,10-11,13H2,1H3,(H2,20,21,23). The first kappa shape index (κ1) is 17.7. The highest BCUT2D eigenvalue weighted by molar-refractivity contribution is 7.80. The molecule has 0 saturated heterocycles. The van der Waals surface area contributed by atoms with Crippen molar-refractivity contribution in [3.05, 3.63) is 64.7 Å². The lowest BCUT2D eigenvalue weighted by atomic mass is 10.2. The maximum absolute atomic E-state index is 6.09. The van der Waals surface area contributed by atoms with Crippen molar-refractivity contribution >= 4 is 34.6 Å². The number of anilines is 1. The smallest absolute Gasteiger partial charge is 0.170 e. The zero-order chi connectivity index (χ0) is 16.5. The van der Waals surface area contributed by atoms with Gasteiger partial charge >= 0.3 is 0 Å². The molecule has 0 aliphatic rings. The van der Waals surface area contributed by atoms with Crippen LogP contribution in [0.1, 0.15) is 17.5 Å². The van der Waals surface area contributed by atoms with E-state index in [2.05, 4.69) is 22.8 Å². The zero-order valence-corrected chi connectivity index (χ0v) is 14.7. The SMILES string of the molecule is Cc1ccc(NC(=S)NCCCOCc2ccccc2)cc1Cl. The fourth-order valence-electron chi connectivity index (χ4n) is 1.99. The molecular weight excluding hydrogens is 328 g/mol. The van der Waals surface area contributed by atoms with Crippen molar-refractivity contribution in [1.29, 1.82) is 0 Å². The molecule has 0 unspecified atom stereocenters. The Labute approximate surface area is 148 Å². The third kappa shape index (κ3) is 6.57. The van der Waals surface area contributed by atoms with Crippen LogP contribution in [0.15, 0.2) is 48.5 Å². The second-order valence-electron chi connectivity index (χ2n) is 5.24. The zero-order valence-electron chi connectivity index (χ0n) is 13.1. The Bertz CT molecular complexity index is 634. The van der Waals surface area contributed by atoms with E-state index >= 15 is 0 Å². The first-order valence-electron chi connectivity index (χ1n) is 7.58. The number of rotatable bonds is 7. The van der Waals surface area contributed by atoms with E-state index in [4.69, 9.17) is 28.6 Å². The number of nitrogens with one attached hydrogen (secondary N) is 2. The lowest BCUT2D eigenvalue weighted by Crippen LogP contribution is -2.29. The quantitative estimate of drug-likeness (QED) is 0.568. The fourth-order valence-corrected chi connectivity index (χ4v) is 2.39. The van der Waals surface area contributed by atoms with Crippen LogP contribution in [0, 0.1) is 6.92 Å². The summed E-state index contributed by atoms with van der Waals surface area (Å²) in [5, 5.41) is 7.60. The normalized spacial score (nSPS) is 10.3. The van der Waals surface area contributed by atoms with Crippen LogP contribution in [0.4, 0.5) is 5.69 Å². The van der Waals surface area contributed by atoms with Gasteiger partial charge in [-0.2, -0.15) is 0 Å². The largest absolute Gasteiger partial charge is 0.377 e. The average Bonchev–Trinajstić information content (AvgIpc) is 2.55. The van der Waals surface area contributed by atoms with E-state index in [9.17, 15) is 0 Å². The minimum atomic E-state index is 0.591. The number of thiocarbonyl (C=S) groups is 1. The second kappa shape index (κ2) is 9.50. The number of ether oxygens (including phenoxy) is 1. The van der Waals surface area contributed by atoms with Gasteiger partial charge in [-0.1, -0.05) is 48.0 Å². The first-order chi connectivity index (χ1) is 11.1. The predicted molar refractivity (Wildman–Crippen MR) is 101 cm³/mol. The molecule has 0 saturated carbocycles. The van der Waals surface area contributed by atoms with Gasteiger partial charge in [0.15, 0.2) is 5.11 Å². The molecule has 2 aromatic rings. The Morgan fingerprint density at radius 1 is 1.17 bits per heavy atom. The van der Waals surface area contributed by atoms with Crippen molar-refractivity contribution in [2.24, 2.45) is 0 Å². The van der Waals surface area contributed by atoms with Crippen molar-refractivity contribution < 1.29 is 4.74 Å². The maximum Gasteiger partial charge on any atom is 0.170 e. The summed E-state index contributed by atoms with van der Waals surface area (Å²) < 4.78 is 5.63. The van der Waals surface area contributed by atoms with Crippen LogP contribution < -0.4 is 10.6 Å². The van der Waals surface area contributed by atoms with Gasteiger partial charge in [-0.25, -0.2) is 0 Å². The minimum absolute atomic E-state index is 0.591. The van der Waals surface area contributed by atoms with E-state index in [1.54, 1.807) is 0 Å². The summed E-state index contributed by atoms with van der Waals surface area (Å²) in [6.45, 7) is 4.07. The van der Waals surface area contributed by atoms with E-state index in [0.29, 0.717) is 18.3 Å². The molecule has 0 bridgehead atoms. The fraction of sp³-hybridized carbons (Fsp3) is 0.278. The average molecular weight is 349 g/mol. The maximum atomic E-state index is 6.09. The van der Waals surface area contributed by atoms with Crippen LogP contribution >= 0.6 is 23.8 Å². The Balaban J connectivity index is 1.58. The lowest BCUT2D eigenvalue weighted by molar-refractivity contribution is 0.119. The van der Waals surface area contributed by atoms with Gasteiger partial charge in [0.1, 0.15) is 0 Å². The van der Waals surface area contributed by atoms with Crippen LogP contribution in [0.2, 0.25) is 5.02 Å². The molecule has 0 fully saturated rings. The number of halogens is 1. The van der Waals surface area contributed by atoms with Gasteiger partial charge in [-0.15, -0.1) is 0 Å². The Morgan fingerprint density at radius 3 is 2.70 bits per heavy atom. The topological polar surface area (TPSA) is 33.3 Å². The highest BCUT2D eigenvalue weighted by Gasteiger charge is 2.00. The molecule has 0 aliphatic heterocycles. The van der Waals surface area contributed by atoms with Gasteiger partial charge in [-0.05, 0) is 48.8 Å². The molecule has 0 aromatic heterocycles. The third-order valence-corrected chi connectivity index (χ3v) is 3.95. The van der Waals surface area contributed by atoms with Gasteiger partial charge in [0.2, 0.25) is 0 Å². The minimum Gasteiger partial charge on any atom is -0.377 e. The van der Waals surface area contributed by atoms with E-state index in [1.165, 1.54) is 5.56 Å². The van der Waals surface area contributed by atoms with Crippen LogP contribution in [-0.4, -0.2) is 18.3 Å². The van der Waals surface area contributed by atoms with Crippen LogP contribution in [0.5, 0.6) is 0 Å². The number of hydrogen-bond acceptors (Lipinski definition) is 2. The third-order valence-electron chi connectivity index (χ3n) is 3.29.